The summed E-state index contributed by atoms with van der Waals surface area (Å²) in [7, 11) is 0. The Balaban J connectivity index is 1.76. The zero-order valence-corrected chi connectivity index (χ0v) is 10.4. The van der Waals surface area contributed by atoms with Crippen LogP contribution >= 0.6 is 0 Å². The SMILES string of the molecule is O=C(CCc1cccc(F)c1)OCc1ccccn1. The van der Waals surface area contributed by atoms with E-state index in [1.807, 2.05) is 6.07 Å². The summed E-state index contributed by atoms with van der Waals surface area (Å²) < 4.78 is 18.0. The molecule has 0 fully saturated rings. The van der Waals surface area contributed by atoms with Crippen molar-refractivity contribution in [1.29, 1.82) is 0 Å². The highest BCUT2D eigenvalue weighted by molar-refractivity contribution is 5.69. The summed E-state index contributed by atoms with van der Waals surface area (Å²) in [4.78, 5) is 15.6. The van der Waals surface area contributed by atoms with Crippen LogP contribution in [0.1, 0.15) is 17.7 Å². The van der Waals surface area contributed by atoms with Crippen molar-refractivity contribution in [3.05, 3.63) is 65.7 Å². The molecule has 1 aromatic carbocycles. The van der Waals surface area contributed by atoms with Crippen molar-refractivity contribution in [2.45, 2.75) is 19.4 Å². The molecule has 3 nitrogen and oxygen atoms in total. The third-order valence-corrected chi connectivity index (χ3v) is 2.61. The maximum atomic E-state index is 12.9. The average molecular weight is 259 g/mol. The van der Waals surface area contributed by atoms with E-state index < -0.39 is 0 Å². The van der Waals surface area contributed by atoms with Crippen molar-refractivity contribution in [1.82, 2.24) is 4.98 Å². The van der Waals surface area contributed by atoms with Crippen molar-refractivity contribution in [3.8, 4) is 0 Å². The highest BCUT2D eigenvalue weighted by atomic mass is 19.1. The Morgan fingerprint density at radius 1 is 1.21 bits per heavy atom. The maximum absolute atomic E-state index is 12.9. The number of pyridine rings is 1. The summed E-state index contributed by atoms with van der Waals surface area (Å²) in [6, 6.07) is 11.6. The summed E-state index contributed by atoms with van der Waals surface area (Å²) in [5.41, 5.74) is 1.50. The monoisotopic (exact) mass is 259 g/mol. The molecule has 0 aliphatic carbocycles. The third-order valence-electron chi connectivity index (χ3n) is 2.61. The number of benzene rings is 1. The normalized spacial score (nSPS) is 10.2. The third kappa shape index (κ3) is 4.50. The van der Waals surface area contributed by atoms with E-state index in [-0.39, 0.29) is 24.8 Å². The standard InChI is InChI=1S/C15H14FNO2/c16-13-5-3-4-12(10-13)7-8-15(18)19-11-14-6-1-2-9-17-14/h1-6,9-10H,7-8,11H2. The molecule has 1 aromatic heterocycles. The summed E-state index contributed by atoms with van der Waals surface area (Å²) in [5.74, 6) is -0.603. The number of esters is 1. The van der Waals surface area contributed by atoms with Crippen LogP contribution in [0.4, 0.5) is 4.39 Å². The number of hydrogen-bond acceptors (Lipinski definition) is 3. The van der Waals surface area contributed by atoms with Gasteiger partial charge in [-0.3, -0.25) is 9.78 Å². The number of aryl methyl sites for hydroxylation is 1. The lowest BCUT2D eigenvalue weighted by Crippen LogP contribution is -2.06. The first kappa shape index (κ1) is 13.2. The number of aromatic nitrogens is 1. The van der Waals surface area contributed by atoms with E-state index in [4.69, 9.17) is 4.74 Å². The molecule has 0 bridgehead atoms. The molecule has 1 heterocycles. The highest BCUT2D eigenvalue weighted by Crippen LogP contribution is 2.07. The van der Waals surface area contributed by atoms with Gasteiger partial charge in [0.1, 0.15) is 12.4 Å². The number of carbonyl (C=O) groups excluding carboxylic acids is 1. The fourth-order valence-corrected chi connectivity index (χ4v) is 1.65. The van der Waals surface area contributed by atoms with Crippen LogP contribution in [-0.4, -0.2) is 11.0 Å². The first-order valence-corrected chi connectivity index (χ1v) is 6.04. The van der Waals surface area contributed by atoms with Gasteiger partial charge in [-0.25, -0.2) is 4.39 Å². The minimum atomic E-state index is -0.310. The Kier molecular flexibility index (Phi) is 4.61. The molecule has 0 saturated heterocycles. The molecule has 4 heteroatoms. The van der Waals surface area contributed by atoms with Crippen LogP contribution in [0, 0.1) is 5.82 Å². The summed E-state index contributed by atoms with van der Waals surface area (Å²) in [6.45, 7) is 0.169. The maximum Gasteiger partial charge on any atom is 0.306 e. The molecular weight excluding hydrogens is 245 g/mol. The van der Waals surface area contributed by atoms with Crippen molar-refractivity contribution in [2.75, 3.05) is 0 Å². The van der Waals surface area contributed by atoms with Gasteiger partial charge in [-0.05, 0) is 36.2 Å². The van der Waals surface area contributed by atoms with E-state index in [0.717, 1.165) is 5.56 Å². The van der Waals surface area contributed by atoms with E-state index >= 15 is 0 Å². The smallest absolute Gasteiger partial charge is 0.306 e. The van der Waals surface area contributed by atoms with Gasteiger partial charge >= 0.3 is 5.97 Å². The first-order chi connectivity index (χ1) is 9.24. The molecule has 0 aliphatic rings. The van der Waals surface area contributed by atoms with Crippen molar-refractivity contribution < 1.29 is 13.9 Å². The Morgan fingerprint density at radius 3 is 2.84 bits per heavy atom. The molecule has 98 valence electrons. The lowest BCUT2D eigenvalue weighted by molar-refractivity contribution is -0.145. The minimum Gasteiger partial charge on any atom is -0.459 e. The second-order valence-corrected chi connectivity index (χ2v) is 4.11. The topological polar surface area (TPSA) is 39.2 Å². The van der Waals surface area contributed by atoms with Crippen LogP contribution in [0.5, 0.6) is 0 Å². The van der Waals surface area contributed by atoms with Gasteiger partial charge in [0.15, 0.2) is 0 Å². The van der Waals surface area contributed by atoms with E-state index in [9.17, 15) is 9.18 Å². The fourth-order valence-electron chi connectivity index (χ4n) is 1.65. The van der Waals surface area contributed by atoms with Crippen LogP contribution in [0.15, 0.2) is 48.7 Å². The summed E-state index contributed by atoms with van der Waals surface area (Å²) in [5, 5.41) is 0. The predicted molar refractivity (Wildman–Crippen MR) is 68.8 cm³/mol. The molecule has 0 amide bonds. The second kappa shape index (κ2) is 6.64. The van der Waals surface area contributed by atoms with Crippen molar-refractivity contribution >= 4 is 5.97 Å². The van der Waals surface area contributed by atoms with E-state index in [1.165, 1.54) is 12.1 Å². The number of ether oxygens (including phenoxy) is 1. The molecule has 0 unspecified atom stereocenters. The number of nitrogens with zero attached hydrogens (tertiary/aromatic N) is 1. The molecular formula is C15H14FNO2. The molecule has 0 radical (unpaired) electrons. The summed E-state index contributed by atoms with van der Waals surface area (Å²) >= 11 is 0. The Hall–Kier alpha value is -2.23. The zero-order valence-electron chi connectivity index (χ0n) is 10.4. The van der Waals surface area contributed by atoms with Gasteiger partial charge in [-0.1, -0.05) is 18.2 Å². The second-order valence-electron chi connectivity index (χ2n) is 4.11. The van der Waals surface area contributed by atoms with Crippen LogP contribution in [0.2, 0.25) is 0 Å². The molecule has 19 heavy (non-hydrogen) atoms. The lowest BCUT2D eigenvalue weighted by atomic mass is 10.1. The molecule has 0 spiro atoms. The predicted octanol–water partition coefficient (Wildman–Crippen LogP) is 2.90. The van der Waals surface area contributed by atoms with Crippen molar-refractivity contribution in [2.24, 2.45) is 0 Å². The van der Waals surface area contributed by atoms with Gasteiger partial charge in [0.05, 0.1) is 5.69 Å². The zero-order chi connectivity index (χ0) is 13.5. The molecule has 0 aliphatic heterocycles. The molecule has 0 saturated carbocycles. The van der Waals surface area contributed by atoms with Gasteiger partial charge < -0.3 is 4.74 Å². The molecule has 0 atom stereocenters. The van der Waals surface area contributed by atoms with E-state index in [1.54, 1.807) is 30.5 Å². The molecule has 2 rings (SSSR count). The van der Waals surface area contributed by atoms with Crippen LogP contribution in [0.3, 0.4) is 0 Å². The number of halogens is 1. The van der Waals surface area contributed by atoms with Crippen LogP contribution in [-0.2, 0) is 22.6 Å². The van der Waals surface area contributed by atoms with Gasteiger partial charge in [0, 0.05) is 12.6 Å². The van der Waals surface area contributed by atoms with Gasteiger partial charge in [-0.15, -0.1) is 0 Å². The minimum absolute atomic E-state index is 0.169. The number of rotatable bonds is 5. The Morgan fingerprint density at radius 2 is 2.11 bits per heavy atom. The van der Waals surface area contributed by atoms with Crippen LogP contribution < -0.4 is 0 Å². The first-order valence-electron chi connectivity index (χ1n) is 6.04. The van der Waals surface area contributed by atoms with Crippen molar-refractivity contribution in [3.63, 3.8) is 0 Å². The van der Waals surface area contributed by atoms with Gasteiger partial charge in [-0.2, -0.15) is 0 Å². The Bertz CT molecular complexity index is 543. The van der Waals surface area contributed by atoms with Crippen LogP contribution in [0.25, 0.3) is 0 Å². The summed E-state index contributed by atoms with van der Waals surface area (Å²) in [6.07, 6.45) is 2.35. The Labute approximate surface area is 111 Å². The number of carbonyl (C=O) groups is 1. The lowest BCUT2D eigenvalue weighted by Gasteiger charge is -2.04. The molecule has 0 N–H and O–H groups in total. The quantitative estimate of drug-likeness (QED) is 0.775. The van der Waals surface area contributed by atoms with Gasteiger partial charge in [0.2, 0.25) is 0 Å². The largest absolute Gasteiger partial charge is 0.459 e. The van der Waals surface area contributed by atoms with E-state index in [2.05, 4.69) is 4.98 Å². The number of hydrogen-bond donors (Lipinski definition) is 0. The fraction of sp³-hybridized carbons (Fsp3) is 0.200. The average Bonchev–Trinajstić information content (AvgIpc) is 2.44. The molecule has 2 aromatic rings. The highest BCUT2D eigenvalue weighted by Gasteiger charge is 2.05. The van der Waals surface area contributed by atoms with E-state index in [0.29, 0.717) is 12.1 Å². The van der Waals surface area contributed by atoms with Gasteiger partial charge in [0.25, 0.3) is 0 Å².